The molecule has 0 saturated heterocycles. The van der Waals surface area contributed by atoms with Gasteiger partial charge in [0.05, 0.1) is 5.52 Å². The van der Waals surface area contributed by atoms with E-state index in [1.165, 1.54) is 0 Å². The molecule has 0 unspecified atom stereocenters. The first-order chi connectivity index (χ1) is 7.29. The van der Waals surface area contributed by atoms with E-state index in [-0.39, 0.29) is 0 Å². The fourth-order valence-electron chi connectivity index (χ4n) is 1.28. The Balaban J connectivity index is 2.34. The fraction of sp³-hybridized carbons (Fsp3) is 0.0909. The second kappa shape index (κ2) is 4.06. The van der Waals surface area contributed by atoms with E-state index in [1.54, 1.807) is 30.5 Å². The van der Waals surface area contributed by atoms with Gasteiger partial charge in [0.2, 0.25) is 0 Å². The highest BCUT2D eigenvalue weighted by Crippen LogP contribution is 2.18. The molecule has 0 spiro atoms. The van der Waals surface area contributed by atoms with Crippen LogP contribution in [0.2, 0.25) is 0 Å². The van der Waals surface area contributed by atoms with E-state index in [9.17, 15) is 4.79 Å². The van der Waals surface area contributed by atoms with Gasteiger partial charge in [0.15, 0.2) is 0 Å². The monoisotopic (exact) mass is 203 g/mol. The van der Waals surface area contributed by atoms with E-state index in [4.69, 9.17) is 9.84 Å². The molecule has 0 aliphatic carbocycles. The molecule has 1 heterocycles. The molecule has 15 heavy (non-hydrogen) atoms. The van der Waals surface area contributed by atoms with Gasteiger partial charge in [-0.1, -0.05) is 6.07 Å². The second-order valence-corrected chi connectivity index (χ2v) is 2.99. The van der Waals surface area contributed by atoms with Gasteiger partial charge in [-0.15, -0.1) is 0 Å². The molecule has 1 N–H and O–H groups in total. The predicted molar refractivity (Wildman–Crippen MR) is 54.5 cm³/mol. The van der Waals surface area contributed by atoms with Crippen molar-refractivity contribution in [1.82, 2.24) is 4.98 Å². The van der Waals surface area contributed by atoms with Gasteiger partial charge in [0.1, 0.15) is 12.4 Å². The van der Waals surface area contributed by atoms with Crippen molar-refractivity contribution in [3.8, 4) is 5.75 Å². The molecule has 4 heteroatoms. The number of pyridine rings is 1. The van der Waals surface area contributed by atoms with Crippen molar-refractivity contribution >= 4 is 16.9 Å². The Morgan fingerprint density at radius 3 is 3.07 bits per heavy atom. The van der Waals surface area contributed by atoms with E-state index in [1.807, 2.05) is 6.07 Å². The van der Waals surface area contributed by atoms with E-state index < -0.39 is 12.6 Å². The number of carbonyl (C=O) groups is 1. The average Bonchev–Trinajstić information content (AvgIpc) is 2.29. The summed E-state index contributed by atoms with van der Waals surface area (Å²) < 4.78 is 4.85. The van der Waals surface area contributed by atoms with Gasteiger partial charge in [-0.25, -0.2) is 4.79 Å². The van der Waals surface area contributed by atoms with Crippen molar-refractivity contribution < 1.29 is 14.6 Å². The van der Waals surface area contributed by atoms with Crippen LogP contribution in [-0.2, 0) is 4.79 Å². The quantitative estimate of drug-likeness (QED) is 0.587. The minimum absolute atomic E-state index is 0.412. The molecule has 76 valence electrons. The van der Waals surface area contributed by atoms with Crippen molar-refractivity contribution in [2.24, 2.45) is 0 Å². The Kier molecular flexibility index (Phi) is 2.60. The molecular weight excluding hydrogens is 194 g/mol. The van der Waals surface area contributed by atoms with E-state index in [0.717, 1.165) is 10.9 Å². The molecule has 1 aromatic carbocycles. The Bertz CT molecular complexity index is 496. The number of carbonyl (C=O) groups excluding carboxylic acids is 1. The lowest BCUT2D eigenvalue weighted by Gasteiger charge is -2.03. The number of hydrogen-bond acceptors (Lipinski definition) is 4. The number of hydrogen-bond donors (Lipinski definition) is 1. The highest BCUT2D eigenvalue weighted by Gasteiger charge is 2.03. The number of esters is 1. The minimum Gasteiger partial charge on any atom is -0.425 e. The maximum atomic E-state index is 10.8. The van der Waals surface area contributed by atoms with Crippen LogP contribution in [0.15, 0.2) is 36.5 Å². The van der Waals surface area contributed by atoms with Crippen LogP contribution in [-0.4, -0.2) is 22.7 Å². The highest BCUT2D eigenvalue weighted by molar-refractivity contribution is 5.81. The summed E-state index contributed by atoms with van der Waals surface area (Å²) in [5.74, 6) is -0.257. The van der Waals surface area contributed by atoms with Crippen molar-refractivity contribution in [2.45, 2.75) is 0 Å². The van der Waals surface area contributed by atoms with Crippen molar-refractivity contribution in [2.75, 3.05) is 6.61 Å². The third-order valence-corrected chi connectivity index (χ3v) is 1.94. The van der Waals surface area contributed by atoms with E-state index in [2.05, 4.69) is 4.98 Å². The van der Waals surface area contributed by atoms with Crippen LogP contribution in [0.1, 0.15) is 0 Å². The van der Waals surface area contributed by atoms with Gasteiger partial charge >= 0.3 is 5.97 Å². The van der Waals surface area contributed by atoms with Gasteiger partial charge in [0, 0.05) is 11.6 Å². The number of nitrogens with zero attached hydrogens (tertiary/aromatic N) is 1. The molecule has 2 rings (SSSR count). The van der Waals surface area contributed by atoms with E-state index >= 15 is 0 Å². The Morgan fingerprint density at radius 1 is 1.40 bits per heavy atom. The fourth-order valence-corrected chi connectivity index (χ4v) is 1.28. The maximum Gasteiger partial charge on any atom is 0.337 e. The summed E-state index contributed by atoms with van der Waals surface area (Å²) in [7, 11) is 0. The summed E-state index contributed by atoms with van der Waals surface area (Å²) in [6.07, 6.45) is 1.70. The standard InChI is InChI=1S/C11H9NO3/c13-7-11(14)15-9-3-4-10-8(6-9)2-1-5-12-10/h1-6,13H,7H2. The van der Waals surface area contributed by atoms with E-state index in [0.29, 0.717) is 5.75 Å². The topological polar surface area (TPSA) is 59.4 Å². The van der Waals surface area contributed by atoms with Gasteiger partial charge in [-0.3, -0.25) is 4.98 Å². The second-order valence-electron chi connectivity index (χ2n) is 2.99. The van der Waals surface area contributed by atoms with Crippen LogP contribution in [0.4, 0.5) is 0 Å². The number of rotatable bonds is 2. The Morgan fingerprint density at radius 2 is 2.27 bits per heavy atom. The first-order valence-corrected chi connectivity index (χ1v) is 4.46. The SMILES string of the molecule is O=C(CO)Oc1ccc2ncccc2c1. The first kappa shape index (κ1) is 9.61. The molecule has 2 aromatic rings. The summed E-state index contributed by atoms with van der Waals surface area (Å²) in [6, 6.07) is 8.78. The first-order valence-electron chi connectivity index (χ1n) is 4.46. The van der Waals surface area contributed by atoms with Crippen molar-refractivity contribution in [3.05, 3.63) is 36.5 Å². The van der Waals surface area contributed by atoms with Gasteiger partial charge < -0.3 is 9.84 Å². The van der Waals surface area contributed by atoms with Crippen LogP contribution in [0, 0.1) is 0 Å². The molecule has 4 nitrogen and oxygen atoms in total. The normalized spacial score (nSPS) is 10.2. The number of aliphatic hydroxyl groups is 1. The summed E-state index contributed by atoms with van der Waals surface area (Å²) in [6.45, 7) is -0.620. The highest BCUT2D eigenvalue weighted by atomic mass is 16.5. The molecular formula is C11H9NO3. The van der Waals surface area contributed by atoms with Gasteiger partial charge in [-0.05, 0) is 24.3 Å². The Labute approximate surface area is 86.1 Å². The lowest BCUT2D eigenvalue weighted by molar-refractivity contribution is -0.137. The van der Waals surface area contributed by atoms with Crippen LogP contribution < -0.4 is 4.74 Å². The molecule has 0 fully saturated rings. The lowest BCUT2D eigenvalue weighted by Crippen LogP contribution is -2.11. The molecule has 0 aliphatic heterocycles. The van der Waals surface area contributed by atoms with Crippen molar-refractivity contribution in [3.63, 3.8) is 0 Å². The molecule has 0 radical (unpaired) electrons. The minimum atomic E-state index is -0.668. The largest absolute Gasteiger partial charge is 0.425 e. The molecule has 0 aliphatic rings. The van der Waals surface area contributed by atoms with Crippen LogP contribution in [0.5, 0.6) is 5.75 Å². The lowest BCUT2D eigenvalue weighted by atomic mass is 10.2. The molecule has 0 atom stereocenters. The van der Waals surface area contributed by atoms with Crippen LogP contribution in [0.25, 0.3) is 10.9 Å². The number of fused-ring (bicyclic) bond motifs is 1. The number of benzene rings is 1. The third kappa shape index (κ3) is 2.11. The summed E-state index contributed by atoms with van der Waals surface area (Å²) in [4.78, 5) is 15.0. The van der Waals surface area contributed by atoms with Crippen LogP contribution >= 0.6 is 0 Å². The summed E-state index contributed by atoms with van der Waals surface area (Å²) in [5, 5.41) is 9.41. The number of ether oxygens (including phenoxy) is 1. The van der Waals surface area contributed by atoms with Crippen LogP contribution in [0.3, 0.4) is 0 Å². The zero-order chi connectivity index (χ0) is 10.7. The summed E-state index contributed by atoms with van der Waals surface area (Å²) in [5.41, 5.74) is 0.835. The molecule has 0 amide bonds. The maximum absolute atomic E-state index is 10.8. The summed E-state index contributed by atoms with van der Waals surface area (Å²) >= 11 is 0. The zero-order valence-electron chi connectivity index (χ0n) is 7.88. The van der Waals surface area contributed by atoms with Gasteiger partial charge in [0.25, 0.3) is 0 Å². The average molecular weight is 203 g/mol. The molecule has 1 aromatic heterocycles. The number of aromatic nitrogens is 1. The smallest absolute Gasteiger partial charge is 0.337 e. The third-order valence-electron chi connectivity index (χ3n) is 1.94. The van der Waals surface area contributed by atoms with Crippen molar-refractivity contribution in [1.29, 1.82) is 0 Å². The van der Waals surface area contributed by atoms with Gasteiger partial charge in [-0.2, -0.15) is 0 Å². The Hall–Kier alpha value is -1.94. The predicted octanol–water partition coefficient (Wildman–Crippen LogP) is 1.13. The molecule has 0 bridgehead atoms. The number of aliphatic hydroxyl groups excluding tert-OH is 1. The molecule has 0 saturated carbocycles. The zero-order valence-corrected chi connectivity index (χ0v) is 7.88.